The number of carbonyl (C=O) groups excluding carboxylic acids is 1. The van der Waals surface area contributed by atoms with Crippen LogP contribution >= 0.6 is 0 Å². The quantitative estimate of drug-likeness (QED) is 0.358. The summed E-state index contributed by atoms with van der Waals surface area (Å²) < 4.78 is 15.9. The Morgan fingerprint density at radius 2 is 1.67 bits per heavy atom. The summed E-state index contributed by atoms with van der Waals surface area (Å²) in [6.07, 6.45) is 0. The Bertz CT molecular complexity index is 400. The third-order valence-electron chi connectivity index (χ3n) is 2.80. The van der Waals surface area contributed by atoms with Crippen LogP contribution in [-0.4, -0.2) is 40.5 Å². The Kier molecular flexibility index (Phi) is 8.45. The van der Waals surface area contributed by atoms with Crippen molar-refractivity contribution in [2.75, 3.05) is 26.6 Å². The first-order valence-electron chi connectivity index (χ1n) is 7.26. The summed E-state index contributed by atoms with van der Waals surface area (Å²) in [5.74, 6) is -0.0697. The summed E-state index contributed by atoms with van der Waals surface area (Å²) >= 11 is 0. The molecule has 0 saturated carbocycles. The van der Waals surface area contributed by atoms with E-state index in [-0.39, 0.29) is 25.8 Å². The van der Waals surface area contributed by atoms with Crippen molar-refractivity contribution in [1.82, 2.24) is 0 Å². The fourth-order valence-electron chi connectivity index (χ4n) is 1.55. The molecule has 21 heavy (non-hydrogen) atoms. The standard InChI is InChI=1S/C16H26O4Si/c1-21(2,3)10-9-18-14-20-13-16(17)12-19-11-15-7-5-4-6-8-15/h4-8H,9-14H2,1-3H3. The van der Waals surface area contributed by atoms with Gasteiger partial charge >= 0.3 is 0 Å². The van der Waals surface area contributed by atoms with Crippen LogP contribution in [-0.2, 0) is 25.6 Å². The molecule has 118 valence electrons. The van der Waals surface area contributed by atoms with E-state index in [0.29, 0.717) is 13.2 Å². The molecule has 0 aliphatic rings. The Balaban J connectivity index is 1.97. The maximum atomic E-state index is 11.5. The van der Waals surface area contributed by atoms with E-state index in [1.807, 2.05) is 30.3 Å². The van der Waals surface area contributed by atoms with E-state index in [0.717, 1.165) is 11.6 Å². The second-order valence-corrected chi connectivity index (χ2v) is 11.8. The number of hydrogen-bond donors (Lipinski definition) is 0. The van der Waals surface area contributed by atoms with Gasteiger partial charge in [-0.05, 0) is 11.6 Å². The zero-order valence-corrected chi connectivity index (χ0v) is 14.3. The Morgan fingerprint density at radius 3 is 2.33 bits per heavy atom. The molecule has 0 atom stereocenters. The van der Waals surface area contributed by atoms with Gasteiger partial charge in [0.1, 0.15) is 20.0 Å². The third-order valence-corrected chi connectivity index (χ3v) is 4.50. The average molecular weight is 310 g/mol. The smallest absolute Gasteiger partial charge is 0.184 e. The number of rotatable bonds is 11. The molecule has 0 radical (unpaired) electrons. The van der Waals surface area contributed by atoms with Crippen molar-refractivity contribution in [2.24, 2.45) is 0 Å². The Labute approximate surface area is 128 Å². The number of ether oxygens (including phenoxy) is 3. The van der Waals surface area contributed by atoms with Crippen LogP contribution in [0.1, 0.15) is 5.56 Å². The van der Waals surface area contributed by atoms with Crippen molar-refractivity contribution in [3.8, 4) is 0 Å². The van der Waals surface area contributed by atoms with E-state index in [1.165, 1.54) is 0 Å². The van der Waals surface area contributed by atoms with E-state index in [9.17, 15) is 4.79 Å². The molecule has 4 nitrogen and oxygen atoms in total. The highest BCUT2D eigenvalue weighted by Gasteiger charge is 2.12. The maximum absolute atomic E-state index is 11.5. The second kappa shape index (κ2) is 9.84. The van der Waals surface area contributed by atoms with E-state index in [1.54, 1.807) is 0 Å². The van der Waals surface area contributed by atoms with E-state index < -0.39 is 8.07 Å². The Morgan fingerprint density at radius 1 is 1.00 bits per heavy atom. The predicted molar refractivity (Wildman–Crippen MR) is 86.0 cm³/mol. The van der Waals surface area contributed by atoms with E-state index in [4.69, 9.17) is 14.2 Å². The number of Topliss-reactive ketones (excluding diaryl/α,β-unsaturated/α-hetero) is 1. The molecule has 0 heterocycles. The highest BCUT2D eigenvalue weighted by atomic mass is 28.3. The first kappa shape index (κ1) is 18.0. The van der Waals surface area contributed by atoms with Gasteiger partial charge < -0.3 is 14.2 Å². The van der Waals surface area contributed by atoms with Crippen LogP contribution in [0.4, 0.5) is 0 Å². The highest BCUT2D eigenvalue weighted by Crippen LogP contribution is 2.07. The summed E-state index contributed by atoms with van der Waals surface area (Å²) in [5, 5.41) is 0. The predicted octanol–water partition coefficient (Wildman–Crippen LogP) is 3.10. The van der Waals surface area contributed by atoms with Crippen molar-refractivity contribution in [3.05, 3.63) is 35.9 Å². The molecule has 5 heteroatoms. The normalized spacial score (nSPS) is 11.6. The van der Waals surface area contributed by atoms with Crippen LogP contribution in [0.3, 0.4) is 0 Å². The molecule has 1 aromatic rings. The van der Waals surface area contributed by atoms with Crippen LogP contribution in [0.15, 0.2) is 30.3 Å². The van der Waals surface area contributed by atoms with Crippen molar-refractivity contribution >= 4 is 13.9 Å². The minimum Gasteiger partial charge on any atom is -0.369 e. The summed E-state index contributed by atoms with van der Waals surface area (Å²) in [5.41, 5.74) is 1.06. The minimum absolute atomic E-state index is 0.0434. The molecule has 0 aliphatic heterocycles. The van der Waals surface area contributed by atoms with Gasteiger partial charge in [-0.25, -0.2) is 0 Å². The molecule has 0 amide bonds. The summed E-state index contributed by atoms with van der Waals surface area (Å²) in [6, 6.07) is 10.9. The first-order valence-corrected chi connectivity index (χ1v) is 11.0. The first-order chi connectivity index (χ1) is 9.97. The lowest BCUT2D eigenvalue weighted by molar-refractivity contribution is -0.134. The summed E-state index contributed by atoms with van der Waals surface area (Å²) in [7, 11) is -1.06. The lowest BCUT2D eigenvalue weighted by Crippen LogP contribution is -2.22. The summed E-state index contributed by atoms with van der Waals surface area (Å²) in [6.45, 7) is 8.33. The van der Waals surface area contributed by atoms with Crippen molar-refractivity contribution in [3.63, 3.8) is 0 Å². The van der Waals surface area contributed by atoms with Gasteiger partial charge in [-0.15, -0.1) is 0 Å². The van der Waals surface area contributed by atoms with Crippen molar-refractivity contribution in [1.29, 1.82) is 0 Å². The number of carbonyl (C=O) groups is 1. The molecule has 0 saturated heterocycles. The number of benzene rings is 1. The van der Waals surface area contributed by atoms with Crippen LogP contribution in [0.5, 0.6) is 0 Å². The molecule has 1 rings (SSSR count). The van der Waals surface area contributed by atoms with Gasteiger partial charge in [0.05, 0.1) is 6.61 Å². The molecular weight excluding hydrogens is 284 g/mol. The van der Waals surface area contributed by atoms with Gasteiger partial charge in [0.15, 0.2) is 5.78 Å². The van der Waals surface area contributed by atoms with Gasteiger partial charge in [0.2, 0.25) is 0 Å². The monoisotopic (exact) mass is 310 g/mol. The molecular formula is C16H26O4Si. The molecule has 0 N–H and O–H groups in total. The van der Waals surface area contributed by atoms with Crippen molar-refractivity contribution in [2.45, 2.75) is 32.3 Å². The topological polar surface area (TPSA) is 44.8 Å². The third kappa shape index (κ3) is 10.4. The molecule has 1 aromatic carbocycles. The molecule has 0 aliphatic carbocycles. The molecule has 0 spiro atoms. The fraction of sp³-hybridized carbons (Fsp3) is 0.562. The number of hydrogen-bond acceptors (Lipinski definition) is 4. The molecule has 0 fully saturated rings. The highest BCUT2D eigenvalue weighted by molar-refractivity contribution is 6.76. The van der Waals surface area contributed by atoms with Crippen LogP contribution in [0, 0.1) is 0 Å². The maximum Gasteiger partial charge on any atom is 0.184 e. The molecule has 0 unspecified atom stereocenters. The van der Waals surface area contributed by atoms with Crippen LogP contribution in [0.25, 0.3) is 0 Å². The van der Waals surface area contributed by atoms with Crippen LogP contribution in [0.2, 0.25) is 25.7 Å². The van der Waals surface area contributed by atoms with E-state index in [2.05, 4.69) is 19.6 Å². The lowest BCUT2D eigenvalue weighted by Gasteiger charge is -2.15. The summed E-state index contributed by atoms with van der Waals surface area (Å²) in [4.78, 5) is 11.5. The fourth-order valence-corrected chi connectivity index (χ4v) is 2.31. The van der Waals surface area contributed by atoms with Gasteiger partial charge in [-0.1, -0.05) is 50.0 Å². The van der Waals surface area contributed by atoms with Gasteiger partial charge in [-0.3, -0.25) is 4.79 Å². The lowest BCUT2D eigenvalue weighted by atomic mass is 10.2. The minimum atomic E-state index is -1.06. The van der Waals surface area contributed by atoms with Gasteiger partial charge in [0, 0.05) is 14.7 Å². The van der Waals surface area contributed by atoms with E-state index >= 15 is 0 Å². The molecule has 0 aromatic heterocycles. The largest absolute Gasteiger partial charge is 0.369 e. The molecule has 0 bridgehead atoms. The zero-order chi connectivity index (χ0) is 15.6. The van der Waals surface area contributed by atoms with Crippen molar-refractivity contribution < 1.29 is 19.0 Å². The second-order valence-electron chi connectivity index (χ2n) is 6.20. The number of ketones is 1. The van der Waals surface area contributed by atoms with Crippen LogP contribution < -0.4 is 0 Å². The SMILES string of the molecule is C[Si](C)(C)CCOCOCC(=O)COCc1ccccc1. The Hall–Kier alpha value is -1.01. The van der Waals surface area contributed by atoms with Gasteiger partial charge in [-0.2, -0.15) is 0 Å². The van der Waals surface area contributed by atoms with Gasteiger partial charge in [0.25, 0.3) is 0 Å². The average Bonchev–Trinajstić information content (AvgIpc) is 2.43. The zero-order valence-electron chi connectivity index (χ0n) is 13.3.